The van der Waals surface area contributed by atoms with Gasteiger partial charge in [-0.15, -0.1) is 0 Å². The molecule has 1 N–H and O–H groups in total. The fraction of sp³-hybridized carbons (Fsp3) is 1.00. The molecule has 0 aromatic heterocycles. The Kier molecular flexibility index (Phi) is 4.84. The molecular weight excluding hydrogens is 229 g/mol. The first kappa shape index (κ1) is 14.8. The van der Waals surface area contributed by atoms with Gasteiger partial charge in [0.2, 0.25) is 0 Å². The molecule has 0 spiro atoms. The second-order valence-corrected chi connectivity index (χ2v) is 5.54. The van der Waals surface area contributed by atoms with Crippen molar-refractivity contribution >= 4 is 0 Å². The molecule has 0 aromatic carbocycles. The lowest BCUT2D eigenvalue weighted by Crippen LogP contribution is -2.54. The Labute approximate surface area is 102 Å². The molecule has 1 aliphatic heterocycles. The lowest BCUT2D eigenvalue weighted by Gasteiger charge is -2.42. The van der Waals surface area contributed by atoms with Gasteiger partial charge in [-0.2, -0.15) is 13.2 Å². The van der Waals surface area contributed by atoms with Crippen LogP contribution in [0.5, 0.6) is 0 Å². The fourth-order valence-electron chi connectivity index (χ4n) is 2.40. The highest BCUT2D eigenvalue weighted by Crippen LogP contribution is 2.31. The van der Waals surface area contributed by atoms with Crippen LogP contribution in [0, 0.1) is 5.41 Å². The average molecular weight is 252 g/mol. The number of alkyl halides is 3. The highest BCUT2D eigenvalue weighted by molar-refractivity contribution is 4.90. The second-order valence-electron chi connectivity index (χ2n) is 5.54. The van der Waals surface area contributed by atoms with Gasteiger partial charge in [-0.25, -0.2) is 0 Å². The van der Waals surface area contributed by atoms with E-state index in [1.807, 2.05) is 0 Å². The molecule has 17 heavy (non-hydrogen) atoms. The number of likely N-dealkylation sites (N-methyl/N-ethyl adjacent to an activating group) is 1. The van der Waals surface area contributed by atoms with Crippen molar-refractivity contribution in [2.45, 2.75) is 45.8 Å². The highest BCUT2D eigenvalue weighted by Gasteiger charge is 2.36. The molecule has 1 saturated heterocycles. The van der Waals surface area contributed by atoms with E-state index >= 15 is 0 Å². The summed E-state index contributed by atoms with van der Waals surface area (Å²) in [6.45, 7) is 7.06. The lowest BCUT2D eigenvalue weighted by atomic mass is 9.77. The van der Waals surface area contributed by atoms with Gasteiger partial charge in [-0.05, 0) is 31.3 Å². The number of halogens is 3. The van der Waals surface area contributed by atoms with Crippen LogP contribution >= 0.6 is 0 Å². The second kappa shape index (κ2) is 5.57. The lowest BCUT2D eigenvalue weighted by molar-refractivity contribution is -0.147. The maximum absolute atomic E-state index is 12.4. The van der Waals surface area contributed by atoms with Crippen LogP contribution in [0.15, 0.2) is 0 Å². The molecule has 1 unspecified atom stereocenters. The van der Waals surface area contributed by atoms with Crippen LogP contribution in [0.2, 0.25) is 0 Å². The van der Waals surface area contributed by atoms with E-state index in [0.29, 0.717) is 13.1 Å². The first-order valence-electron chi connectivity index (χ1n) is 6.27. The van der Waals surface area contributed by atoms with Gasteiger partial charge in [-0.3, -0.25) is 4.90 Å². The van der Waals surface area contributed by atoms with E-state index in [-0.39, 0.29) is 11.5 Å². The molecule has 0 saturated carbocycles. The summed E-state index contributed by atoms with van der Waals surface area (Å²) >= 11 is 0. The van der Waals surface area contributed by atoms with Crippen LogP contribution in [0.1, 0.15) is 33.6 Å². The minimum Gasteiger partial charge on any atom is -0.312 e. The Bertz CT molecular complexity index is 238. The van der Waals surface area contributed by atoms with E-state index in [1.54, 1.807) is 6.92 Å². The van der Waals surface area contributed by atoms with Crippen LogP contribution in [-0.4, -0.2) is 43.3 Å². The van der Waals surface area contributed by atoms with Gasteiger partial charge < -0.3 is 5.32 Å². The van der Waals surface area contributed by atoms with Gasteiger partial charge in [0.1, 0.15) is 0 Å². The number of nitrogens with zero attached hydrogens (tertiary/aromatic N) is 1. The van der Waals surface area contributed by atoms with Crippen molar-refractivity contribution in [2.75, 3.05) is 26.2 Å². The minimum atomic E-state index is -4.10. The predicted molar refractivity (Wildman–Crippen MR) is 63.0 cm³/mol. The van der Waals surface area contributed by atoms with Crippen molar-refractivity contribution in [3.63, 3.8) is 0 Å². The third-order valence-corrected chi connectivity index (χ3v) is 3.62. The predicted octanol–water partition coefficient (Wildman–Crippen LogP) is 2.65. The molecule has 1 atom stereocenters. The van der Waals surface area contributed by atoms with Crippen molar-refractivity contribution in [3.8, 4) is 0 Å². The summed E-state index contributed by atoms with van der Waals surface area (Å²) in [6, 6.07) is 0.151. The molecule has 1 heterocycles. The zero-order chi connectivity index (χ0) is 13.1. The largest absolute Gasteiger partial charge is 0.401 e. The molecule has 0 aliphatic carbocycles. The fourth-order valence-corrected chi connectivity index (χ4v) is 2.40. The number of piperidine rings is 1. The number of hydrogen-bond donors (Lipinski definition) is 1. The van der Waals surface area contributed by atoms with Gasteiger partial charge in [-0.1, -0.05) is 20.8 Å². The number of rotatable bonds is 4. The van der Waals surface area contributed by atoms with Crippen molar-refractivity contribution < 1.29 is 13.2 Å². The van der Waals surface area contributed by atoms with E-state index < -0.39 is 12.7 Å². The van der Waals surface area contributed by atoms with Crippen molar-refractivity contribution in [3.05, 3.63) is 0 Å². The van der Waals surface area contributed by atoms with Crippen molar-refractivity contribution in [1.29, 1.82) is 0 Å². The van der Waals surface area contributed by atoms with E-state index in [0.717, 1.165) is 19.4 Å². The summed E-state index contributed by atoms with van der Waals surface area (Å²) < 4.78 is 37.1. The van der Waals surface area contributed by atoms with Gasteiger partial charge in [0.25, 0.3) is 0 Å². The molecule has 0 amide bonds. The zero-order valence-electron chi connectivity index (χ0n) is 10.9. The summed E-state index contributed by atoms with van der Waals surface area (Å²) in [5, 5.41) is 3.35. The van der Waals surface area contributed by atoms with E-state index in [2.05, 4.69) is 19.2 Å². The maximum Gasteiger partial charge on any atom is 0.401 e. The van der Waals surface area contributed by atoms with Gasteiger partial charge in [0.05, 0.1) is 6.54 Å². The Balaban J connectivity index is 2.55. The van der Waals surface area contributed by atoms with E-state index in [9.17, 15) is 13.2 Å². The normalized spacial score (nSPS) is 25.2. The quantitative estimate of drug-likeness (QED) is 0.827. The monoisotopic (exact) mass is 252 g/mol. The topological polar surface area (TPSA) is 15.3 Å². The molecule has 2 nitrogen and oxygen atoms in total. The first-order valence-corrected chi connectivity index (χ1v) is 6.27. The SMILES string of the molecule is CCN(CC1NCCCC1(C)C)CC(F)(F)F. The van der Waals surface area contributed by atoms with Gasteiger partial charge in [0, 0.05) is 12.6 Å². The van der Waals surface area contributed by atoms with E-state index in [1.165, 1.54) is 4.90 Å². The van der Waals surface area contributed by atoms with Crippen LogP contribution in [-0.2, 0) is 0 Å². The third kappa shape index (κ3) is 4.84. The van der Waals surface area contributed by atoms with Crippen molar-refractivity contribution in [2.24, 2.45) is 5.41 Å². The molecule has 102 valence electrons. The average Bonchev–Trinajstić information content (AvgIpc) is 2.17. The molecule has 5 heteroatoms. The van der Waals surface area contributed by atoms with E-state index in [4.69, 9.17) is 0 Å². The molecule has 1 fully saturated rings. The molecule has 1 aliphatic rings. The maximum atomic E-state index is 12.4. The minimum absolute atomic E-state index is 0.0806. The summed E-state index contributed by atoms with van der Waals surface area (Å²) in [7, 11) is 0. The number of nitrogens with one attached hydrogen (secondary N) is 1. The summed E-state index contributed by atoms with van der Waals surface area (Å²) in [6.07, 6.45) is -1.92. The molecule has 0 radical (unpaired) electrons. The Hall–Kier alpha value is -0.290. The first-order chi connectivity index (χ1) is 7.74. The molecule has 1 rings (SSSR count). The summed E-state index contributed by atoms with van der Waals surface area (Å²) in [5.74, 6) is 0. The Morgan fingerprint density at radius 3 is 2.47 bits per heavy atom. The molecular formula is C12H23F3N2. The van der Waals surface area contributed by atoms with Crippen LogP contribution in [0.25, 0.3) is 0 Å². The number of hydrogen-bond acceptors (Lipinski definition) is 2. The zero-order valence-corrected chi connectivity index (χ0v) is 10.9. The van der Waals surface area contributed by atoms with Gasteiger partial charge in [0.15, 0.2) is 0 Å². The third-order valence-electron chi connectivity index (χ3n) is 3.62. The molecule has 0 bridgehead atoms. The van der Waals surface area contributed by atoms with Crippen LogP contribution in [0.4, 0.5) is 13.2 Å². The summed E-state index contributed by atoms with van der Waals surface area (Å²) in [5.41, 5.74) is 0.0806. The molecule has 0 aromatic rings. The van der Waals surface area contributed by atoms with Crippen molar-refractivity contribution in [1.82, 2.24) is 10.2 Å². The standard InChI is InChI=1S/C12H23F3N2/c1-4-17(9-12(13,14)15)8-10-11(2,3)6-5-7-16-10/h10,16H,4-9H2,1-3H3. The van der Waals surface area contributed by atoms with Crippen LogP contribution in [0.3, 0.4) is 0 Å². The Morgan fingerprint density at radius 2 is 2.00 bits per heavy atom. The summed E-state index contributed by atoms with van der Waals surface area (Å²) in [4.78, 5) is 1.48. The van der Waals surface area contributed by atoms with Crippen LogP contribution < -0.4 is 5.32 Å². The van der Waals surface area contributed by atoms with Gasteiger partial charge >= 0.3 is 6.18 Å². The smallest absolute Gasteiger partial charge is 0.312 e. The Morgan fingerprint density at radius 1 is 1.35 bits per heavy atom. The highest BCUT2D eigenvalue weighted by atomic mass is 19.4.